The molecular weight excluding hydrogens is 296 g/mol. The molecule has 6 nitrogen and oxygen atoms in total. The van der Waals surface area contributed by atoms with Gasteiger partial charge in [0.25, 0.3) is 5.91 Å². The third-order valence-electron chi connectivity index (χ3n) is 2.44. The van der Waals surface area contributed by atoms with E-state index < -0.39 is 11.9 Å². The van der Waals surface area contributed by atoms with Crippen molar-refractivity contribution in [1.29, 1.82) is 0 Å². The molecule has 0 unspecified atom stereocenters. The number of urea groups is 1. The van der Waals surface area contributed by atoms with Gasteiger partial charge in [0, 0.05) is 5.02 Å². The second kappa shape index (κ2) is 7.35. The molecule has 2 aromatic rings. The summed E-state index contributed by atoms with van der Waals surface area (Å²) in [5.41, 5.74) is 0. The average Bonchev–Trinajstić information content (AvgIpc) is 2.98. The number of hydrogen-bond donors (Lipinski definition) is 2. The Bertz CT molecular complexity index is 596. The van der Waals surface area contributed by atoms with Gasteiger partial charge in [-0.2, -0.15) is 0 Å². The number of nitrogens with one attached hydrogen (secondary N) is 2. The zero-order valence-electron chi connectivity index (χ0n) is 11.0. The Morgan fingerprint density at radius 1 is 1.19 bits per heavy atom. The quantitative estimate of drug-likeness (QED) is 0.888. The molecule has 0 aliphatic carbocycles. The first-order chi connectivity index (χ1) is 10.1. The summed E-state index contributed by atoms with van der Waals surface area (Å²) in [5.74, 6) is 0.530. The van der Waals surface area contributed by atoms with Gasteiger partial charge in [0.05, 0.1) is 12.8 Å². The highest BCUT2D eigenvalue weighted by Gasteiger charge is 2.08. The van der Waals surface area contributed by atoms with Crippen molar-refractivity contribution in [3.8, 4) is 5.75 Å². The Labute approximate surface area is 126 Å². The molecule has 0 aliphatic rings. The average molecular weight is 309 g/mol. The van der Waals surface area contributed by atoms with Gasteiger partial charge in [0.2, 0.25) is 0 Å². The summed E-state index contributed by atoms with van der Waals surface area (Å²) in [6, 6.07) is 9.36. The Balaban J connectivity index is 1.68. The smallest absolute Gasteiger partial charge is 0.321 e. The second-order valence-corrected chi connectivity index (χ2v) is 4.49. The first kappa shape index (κ1) is 14.9. The molecule has 1 heterocycles. The summed E-state index contributed by atoms with van der Waals surface area (Å²) in [5, 5.41) is 5.20. The maximum atomic E-state index is 11.5. The number of carbonyl (C=O) groups excluding carboxylic acids is 2. The van der Waals surface area contributed by atoms with E-state index in [2.05, 4.69) is 10.6 Å². The summed E-state index contributed by atoms with van der Waals surface area (Å²) < 4.78 is 10.2. The van der Waals surface area contributed by atoms with Gasteiger partial charge in [-0.05, 0) is 36.4 Å². The van der Waals surface area contributed by atoms with Crippen LogP contribution in [0, 0.1) is 0 Å². The second-order valence-electron chi connectivity index (χ2n) is 4.05. The largest absolute Gasteiger partial charge is 0.484 e. The van der Waals surface area contributed by atoms with E-state index in [0.717, 1.165) is 0 Å². The van der Waals surface area contributed by atoms with Crippen LogP contribution in [0.15, 0.2) is 47.1 Å². The van der Waals surface area contributed by atoms with Crippen LogP contribution >= 0.6 is 11.6 Å². The molecule has 0 bridgehead atoms. The van der Waals surface area contributed by atoms with Gasteiger partial charge in [-0.3, -0.25) is 10.1 Å². The fourth-order valence-corrected chi connectivity index (χ4v) is 1.59. The lowest BCUT2D eigenvalue weighted by Crippen LogP contribution is -2.41. The van der Waals surface area contributed by atoms with Crippen molar-refractivity contribution in [2.45, 2.75) is 6.54 Å². The molecule has 0 saturated carbocycles. The molecule has 1 aromatic carbocycles. The summed E-state index contributed by atoms with van der Waals surface area (Å²) in [4.78, 5) is 23.0. The van der Waals surface area contributed by atoms with Gasteiger partial charge in [-0.1, -0.05) is 11.6 Å². The van der Waals surface area contributed by atoms with E-state index in [-0.39, 0.29) is 13.2 Å². The topological polar surface area (TPSA) is 80.6 Å². The lowest BCUT2D eigenvalue weighted by atomic mass is 10.3. The molecule has 3 amide bonds. The van der Waals surface area contributed by atoms with Crippen LogP contribution in [0.2, 0.25) is 5.02 Å². The van der Waals surface area contributed by atoms with Crippen molar-refractivity contribution < 1.29 is 18.7 Å². The van der Waals surface area contributed by atoms with Crippen molar-refractivity contribution in [2.24, 2.45) is 0 Å². The number of amides is 3. The molecule has 0 saturated heterocycles. The normalized spacial score (nSPS) is 9.95. The molecule has 0 aliphatic heterocycles. The van der Waals surface area contributed by atoms with Gasteiger partial charge in [0.15, 0.2) is 6.61 Å². The first-order valence-electron chi connectivity index (χ1n) is 6.12. The van der Waals surface area contributed by atoms with Crippen molar-refractivity contribution in [1.82, 2.24) is 10.6 Å². The van der Waals surface area contributed by atoms with Gasteiger partial charge < -0.3 is 14.5 Å². The minimum atomic E-state index is -0.615. The van der Waals surface area contributed by atoms with E-state index in [1.807, 2.05) is 0 Å². The van der Waals surface area contributed by atoms with Crippen LogP contribution in [0.1, 0.15) is 5.76 Å². The standard InChI is InChI=1S/C14H13ClN2O4/c15-10-3-5-11(6-4-10)21-9-13(18)17-14(19)16-8-12-2-1-7-20-12/h1-7H,8-9H2,(H2,16,17,18,19). The molecule has 7 heteroatoms. The van der Waals surface area contributed by atoms with Gasteiger partial charge >= 0.3 is 6.03 Å². The number of furan rings is 1. The molecule has 2 rings (SSSR count). The lowest BCUT2D eigenvalue weighted by Gasteiger charge is -2.07. The predicted molar refractivity (Wildman–Crippen MR) is 76.0 cm³/mol. The van der Waals surface area contributed by atoms with Gasteiger partial charge in [-0.25, -0.2) is 4.79 Å². The zero-order valence-corrected chi connectivity index (χ0v) is 11.7. The van der Waals surface area contributed by atoms with Gasteiger partial charge in [0.1, 0.15) is 11.5 Å². The molecule has 0 atom stereocenters. The lowest BCUT2D eigenvalue weighted by molar-refractivity contribution is -0.122. The number of carbonyl (C=O) groups is 2. The molecule has 0 fully saturated rings. The fourth-order valence-electron chi connectivity index (χ4n) is 1.47. The summed E-state index contributed by atoms with van der Waals surface area (Å²) in [7, 11) is 0. The summed E-state index contributed by atoms with van der Waals surface area (Å²) >= 11 is 5.72. The van der Waals surface area contributed by atoms with Crippen molar-refractivity contribution in [3.63, 3.8) is 0 Å². The highest BCUT2D eigenvalue weighted by molar-refractivity contribution is 6.30. The van der Waals surface area contributed by atoms with E-state index in [1.54, 1.807) is 36.4 Å². The Hall–Kier alpha value is -2.47. The Morgan fingerprint density at radius 3 is 2.62 bits per heavy atom. The van der Waals surface area contributed by atoms with Crippen molar-refractivity contribution in [3.05, 3.63) is 53.4 Å². The zero-order chi connectivity index (χ0) is 15.1. The minimum absolute atomic E-state index is 0.199. The van der Waals surface area contributed by atoms with Crippen LogP contribution in [-0.2, 0) is 11.3 Å². The number of ether oxygens (including phenoxy) is 1. The van der Waals surface area contributed by atoms with Crippen LogP contribution < -0.4 is 15.4 Å². The van der Waals surface area contributed by atoms with Crippen LogP contribution in [0.4, 0.5) is 4.79 Å². The van der Waals surface area contributed by atoms with Crippen LogP contribution in [0.5, 0.6) is 5.75 Å². The van der Waals surface area contributed by atoms with E-state index in [0.29, 0.717) is 16.5 Å². The van der Waals surface area contributed by atoms with E-state index in [4.69, 9.17) is 20.8 Å². The Kier molecular flexibility index (Phi) is 5.22. The molecule has 21 heavy (non-hydrogen) atoms. The molecule has 0 spiro atoms. The highest BCUT2D eigenvalue weighted by atomic mass is 35.5. The molecular formula is C14H13ClN2O4. The van der Waals surface area contributed by atoms with E-state index >= 15 is 0 Å². The van der Waals surface area contributed by atoms with Crippen LogP contribution in [-0.4, -0.2) is 18.5 Å². The number of rotatable bonds is 5. The fraction of sp³-hybridized carbons (Fsp3) is 0.143. The number of hydrogen-bond acceptors (Lipinski definition) is 4. The Morgan fingerprint density at radius 2 is 1.95 bits per heavy atom. The maximum Gasteiger partial charge on any atom is 0.321 e. The maximum absolute atomic E-state index is 11.5. The number of imide groups is 1. The SMILES string of the molecule is O=C(COc1ccc(Cl)cc1)NC(=O)NCc1ccco1. The predicted octanol–water partition coefficient (Wildman–Crippen LogP) is 2.34. The summed E-state index contributed by atoms with van der Waals surface area (Å²) in [6.45, 7) is -0.0695. The molecule has 1 aromatic heterocycles. The third kappa shape index (κ3) is 5.19. The van der Waals surface area contributed by atoms with Crippen LogP contribution in [0.25, 0.3) is 0 Å². The van der Waals surface area contributed by atoms with E-state index in [1.165, 1.54) is 6.26 Å². The first-order valence-corrected chi connectivity index (χ1v) is 6.50. The number of benzene rings is 1. The van der Waals surface area contributed by atoms with E-state index in [9.17, 15) is 9.59 Å². The summed E-state index contributed by atoms with van der Waals surface area (Å²) in [6.07, 6.45) is 1.50. The number of halogens is 1. The molecule has 0 radical (unpaired) electrons. The van der Waals surface area contributed by atoms with Gasteiger partial charge in [-0.15, -0.1) is 0 Å². The van der Waals surface area contributed by atoms with Crippen molar-refractivity contribution in [2.75, 3.05) is 6.61 Å². The monoisotopic (exact) mass is 308 g/mol. The van der Waals surface area contributed by atoms with Crippen LogP contribution in [0.3, 0.4) is 0 Å². The van der Waals surface area contributed by atoms with Crippen molar-refractivity contribution >= 4 is 23.5 Å². The highest BCUT2D eigenvalue weighted by Crippen LogP contribution is 2.15. The minimum Gasteiger partial charge on any atom is -0.484 e. The molecule has 2 N–H and O–H groups in total. The third-order valence-corrected chi connectivity index (χ3v) is 2.69. The molecule has 110 valence electrons.